The van der Waals surface area contributed by atoms with Crippen LogP contribution >= 0.6 is 0 Å². The molecule has 0 spiro atoms. The fourth-order valence-corrected chi connectivity index (χ4v) is 1.37. The highest BCUT2D eigenvalue weighted by Crippen LogP contribution is 2.09. The summed E-state index contributed by atoms with van der Waals surface area (Å²) in [6.45, 7) is 5.00. The Kier molecular flexibility index (Phi) is 2.80. The fraction of sp³-hybridized carbons (Fsp3) is 0.500. The van der Waals surface area contributed by atoms with Crippen molar-refractivity contribution in [2.24, 2.45) is 0 Å². The Morgan fingerprint density at radius 1 is 1.47 bits per heavy atom. The van der Waals surface area contributed by atoms with Crippen molar-refractivity contribution in [3.8, 4) is 0 Å². The molecule has 0 bridgehead atoms. The van der Waals surface area contributed by atoms with Gasteiger partial charge in [0.15, 0.2) is 0 Å². The molecule has 0 aliphatic carbocycles. The maximum Gasteiger partial charge on any atom is 0.137 e. The monoisotopic (exact) mass is 205 g/mol. The van der Waals surface area contributed by atoms with Gasteiger partial charge in [-0.05, 0) is 19.4 Å². The predicted molar refractivity (Wildman–Crippen MR) is 56.4 cm³/mol. The molecule has 2 aromatic rings. The van der Waals surface area contributed by atoms with E-state index >= 15 is 0 Å². The third kappa shape index (κ3) is 2.23. The minimum atomic E-state index is 0.453. The van der Waals surface area contributed by atoms with E-state index in [4.69, 9.17) is 0 Å². The van der Waals surface area contributed by atoms with Crippen LogP contribution in [-0.2, 0) is 6.54 Å². The number of aromatic nitrogens is 5. The van der Waals surface area contributed by atoms with Gasteiger partial charge < -0.3 is 0 Å². The van der Waals surface area contributed by atoms with Crippen molar-refractivity contribution in [2.75, 3.05) is 0 Å². The summed E-state index contributed by atoms with van der Waals surface area (Å²) in [5.41, 5.74) is 1.01. The standard InChI is InChI=1S/C10H15N5/c1-3-9(2)15-5-4-10(13-15)6-14-8-11-7-12-14/h4-5,7-9H,3,6H2,1-2H3. The summed E-state index contributed by atoms with van der Waals surface area (Å²) in [5, 5.41) is 8.53. The summed E-state index contributed by atoms with van der Waals surface area (Å²) < 4.78 is 3.76. The normalized spacial score (nSPS) is 12.9. The zero-order chi connectivity index (χ0) is 10.7. The third-order valence-electron chi connectivity index (χ3n) is 2.50. The molecule has 5 nitrogen and oxygen atoms in total. The quantitative estimate of drug-likeness (QED) is 0.759. The van der Waals surface area contributed by atoms with Crippen LogP contribution in [0.5, 0.6) is 0 Å². The topological polar surface area (TPSA) is 48.5 Å². The Bertz CT molecular complexity index is 403. The third-order valence-corrected chi connectivity index (χ3v) is 2.50. The van der Waals surface area contributed by atoms with E-state index in [1.807, 2.05) is 16.9 Å². The first-order valence-corrected chi connectivity index (χ1v) is 5.16. The van der Waals surface area contributed by atoms with Crippen LogP contribution in [0.25, 0.3) is 0 Å². The zero-order valence-corrected chi connectivity index (χ0v) is 9.04. The summed E-state index contributed by atoms with van der Waals surface area (Å²) in [6.07, 6.45) is 6.33. The smallest absolute Gasteiger partial charge is 0.137 e. The number of hydrogen-bond acceptors (Lipinski definition) is 3. The SMILES string of the molecule is CCC(C)n1ccc(Cn2cncn2)n1. The number of nitrogens with zero attached hydrogens (tertiary/aromatic N) is 5. The highest BCUT2D eigenvalue weighted by Gasteiger charge is 2.04. The van der Waals surface area contributed by atoms with Crippen molar-refractivity contribution in [1.82, 2.24) is 24.5 Å². The maximum atomic E-state index is 4.48. The highest BCUT2D eigenvalue weighted by molar-refractivity contribution is 4.99. The molecule has 0 N–H and O–H groups in total. The van der Waals surface area contributed by atoms with Gasteiger partial charge in [-0.25, -0.2) is 9.67 Å². The molecule has 1 atom stereocenters. The molecule has 0 aliphatic heterocycles. The predicted octanol–water partition coefficient (Wildman–Crippen LogP) is 1.49. The van der Waals surface area contributed by atoms with Crippen molar-refractivity contribution < 1.29 is 0 Å². The van der Waals surface area contributed by atoms with E-state index in [0.717, 1.165) is 12.1 Å². The summed E-state index contributed by atoms with van der Waals surface area (Å²) >= 11 is 0. The molecular formula is C10H15N5. The van der Waals surface area contributed by atoms with Crippen LogP contribution in [0.4, 0.5) is 0 Å². The van der Waals surface area contributed by atoms with Gasteiger partial charge in [0.2, 0.25) is 0 Å². The molecule has 15 heavy (non-hydrogen) atoms. The minimum absolute atomic E-state index is 0.453. The van der Waals surface area contributed by atoms with Gasteiger partial charge in [-0.1, -0.05) is 6.92 Å². The lowest BCUT2D eigenvalue weighted by molar-refractivity contribution is 0.471. The van der Waals surface area contributed by atoms with Gasteiger partial charge in [0.25, 0.3) is 0 Å². The van der Waals surface area contributed by atoms with Gasteiger partial charge in [0.05, 0.1) is 12.2 Å². The fourth-order valence-electron chi connectivity index (χ4n) is 1.37. The van der Waals surface area contributed by atoms with Crippen molar-refractivity contribution >= 4 is 0 Å². The van der Waals surface area contributed by atoms with Crippen LogP contribution in [0, 0.1) is 0 Å². The average Bonchev–Trinajstić information content (AvgIpc) is 2.88. The molecule has 0 aliphatic rings. The Morgan fingerprint density at radius 3 is 3.00 bits per heavy atom. The minimum Gasteiger partial charge on any atom is -0.270 e. The van der Waals surface area contributed by atoms with Crippen molar-refractivity contribution in [2.45, 2.75) is 32.9 Å². The average molecular weight is 205 g/mol. The van der Waals surface area contributed by atoms with Crippen molar-refractivity contribution in [3.63, 3.8) is 0 Å². The van der Waals surface area contributed by atoms with Gasteiger partial charge in [0.1, 0.15) is 12.7 Å². The largest absolute Gasteiger partial charge is 0.270 e. The Balaban J connectivity index is 2.07. The van der Waals surface area contributed by atoms with Crippen LogP contribution in [0.2, 0.25) is 0 Å². The second-order valence-electron chi connectivity index (χ2n) is 3.64. The van der Waals surface area contributed by atoms with E-state index in [1.165, 1.54) is 6.33 Å². The lowest BCUT2D eigenvalue weighted by Gasteiger charge is -2.07. The van der Waals surface area contributed by atoms with E-state index in [2.05, 4.69) is 29.0 Å². The summed E-state index contributed by atoms with van der Waals surface area (Å²) in [5.74, 6) is 0. The van der Waals surface area contributed by atoms with Crippen LogP contribution < -0.4 is 0 Å². The first kappa shape index (κ1) is 9.89. The van der Waals surface area contributed by atoms with E-state index in [-0.39, 0.29) is 0 Å². The molecule has 0 fully saturated rings. The van der Waals surface area contributed by atoms with E-state index in [0.29, 0.717) is 12.6 Å². The van der Waals surface area contributed by atoms with Gasteiger partial charge in [-0.15, -0.1) is 0 Å². The van der Waals surface area contributed by atoms with Crippen LogP contribution in [0.3, 0.4) is 0 Å². The lowest BCUT2D eigenvalue weighted by atomic mass is 10.3. The van der Waals surface area contributed by atoms with E-state index in [9.17, 15) is 0 Å². The van der Waals surface area contributed by atoms with Crippen molar-refractivity contribution in [3.05, 3.63) is 30.6 Å². The zero-order valence-electron chi connectivity index (χ0n) is 9.04. The van der Waals surface area contributed by atoms with Gasteiger partial charge >= 0.3 is 0 Å². The van der Waals surface area contributed by atoms with Crippen LogP contribution in [0.15, 0.2) is 24.9 Å². The van der Waals surface area contributed by atoms with Gasteiger partial charge in [-0.3, -0.25) is 4.68 Å². The molecule has 0 aromatic carbocycles. The number of rotatable bonds is 4. The molecule has 0 radical (unpaired) electrons. The highest BCUT2D eigenvalue weighted by atomic mass is 15.3. The molecule has 5 heteroatoms. The first-order valence-electron chi connectivity index (χ1n) is 5.16. The van der Waals surface area contributed by atoms with Gasteiger partial charge in [-0.2, -0.15) is 10.2 Å². The second kappa shape index (κ2) is 4.25. The molecule has 1 unspecified atom stereocenters. The Morgan fingerprint density at radius 2 is 2.33 bits per heavy atom. The van der Waals surface area contributed by atoms with Gasteiger partial charge in [0, 0.05) is 12.2 Å². The van der Waals surface area contributed by atoms with E-state index in [1.54, 1.807) is 11.0 Å². The lowest BCUT2D eigenvalue weighted by Crippen LogP contribution is -2.06. The van der Waals surface area contributed by atoms with Crippen LogP contribution in [-0.4, -0.2) is 24.5 Å². The molecule has 2 heterocycles. The molecule has 0 saturated carbocycles. The maximum absolute atomic E-state index is 4.48. The second-order valence-corrected chi connectivity index (χ2v) is 3.64. The molecule has 2 aromatic heterocycles. The molecule has 2 rings (SSSR count). The Labute approximate surface area is 88.7 Å². The molecule has 80 valence electrons. The summed E-state index contributed by atoms with van der Waals surface area (Å²) in [7, 11) is 0. The van der Waals surface area contributed by atoms with Crippen LogP contribution in [0.1, 0.15) is 32.0 Å². The van der Waals surface area contributed by atoms with E-state index < -0.39 is 0 Å². The van der Waals surface area contributed by atoms with Crippen molar-refractivity contribution in [1.29, 1.82) is 0 Å². The first-order chi connectivity index (χ1) is 7.29. The molecular weight excluding hydrogens is 190 g/mol. The number of hydrogen-bond donors (Lipinski definition) is 0. The molecule has 0 saturated heterocycles. The summed E-state index contributed by atoms with van der Waals surface area (Å²) in [6, 6.07) is 2.47. The molecule has 0 amide bonds. The Hall–Kier alpha value is -1.65. The summed E-state index contributed by atoms with van der Waals surface area (Å²) in [4.78, 5) is 3.89.